The first-order chi connectivity index (χ1) is 17.9. The Morgan fingerprint density at radius 3 is 2.54 bits per heavy atom. The molecule has 2 aliphatic heterocycles. The van der Waals surface area contributed by atoms with E-state index in [4.69, 9.17) is 9.25 Å². The molecule has 6 rings (SSSR count). The van der Waals surface area contributed by atoms with Crippen LogP contribution in [-0.2, 0) is 13.1 Å². The molecule has 0 aromatic heterocycles. The van der Waals surface area contributed by atoms with Crippen LogP contribution in [0.4, 0.5) is 0 Å². The third kappa shape index (κ3) is 4.05. The SMILES string of the molecule is O=C(O)c1ccccc1-c1c2ccc(=O)cc-2oc2cc3c(cc12)CN(Cc1ccccc1B(O)O)O3. The number of fused-ring (bicyclic) bond motifs is 3. The Bertz CT molecular complexity index is 1710. The van der Waals surface area contributed by atoms with Crippen molar-refractivity contribution in [2.24, 2.45) is 0 Å². The zero-order chi connectivity index (χ0) is 25.7. The molecule has 1 aliphatic carbocycles. The minimum absolute atomic E-state index is 0.139. The molecule has 37 heavy (non-hydrogen) atoms. The first kappa shape index (κ1) is 23.0. The Morgan fingerprint density at radius 1 is 0.946 bits per heavy atom. The predicted octanol–water partition coefficient (Wildman–Crippen LogP) is 3.25. The number of carboxylic acids is 1. The summed E-state index contributed by atoms with van der Waals surface area (Å²) in [7, 11) is -1.60. The van der Waals surface area contributed by atoms with Crippen LogP contribution >= 0.6 is 0 Å². The molecule has 3 N–H and O–H groups in total. The molecular formula is C28H20BNO7. The summed E-state index contributed by atoms with van der Waals surface area (Å²) in [4.78, 5) is 30.2. The number of aromatic carboxylic acids is 1. The van der Waals surface area contributed by atoms with Gasteiger partial charge in [-0.1, -0.05) is 42.5 Å². The van der Waals surface area contributed by atoms with Gasteiger partial charge in [0.15, 0.2) is 11.2 Å². The van der Waals surface area contributed by atoms with Gasteiger partial charge in [-0.05, 0) is 40.9 Å². The number of carbonyl (C=O) groups is 1. The van der Waals surface area contributed by atoms with Gasteiger partial charge in [-0.25, -0.2) is 4.79 Å². The molecule has 0 unspecified atom stereocenters. The molecule has 2 heterocycles. The second-order valence-electron chi connectivity index (χ2n) is 8.90. The fourth-order valence-corrected chi connectivity index (χ4v) is 4.90. The highest BCUT2D eigenvalue weighted by Crippen LogP contribution is 2.44. The van der Waals surface area contributed by atoms with Gasteiger partial charge in [-0.2, -0.15) is 0 Å². The third-order valence-electron chi connectivity index (χ3n) is 6.56. The highest BCUT2D eigenvalue weighted by atomic mass is 16.7. The van der Waals surface area contributed by atoms with Gasteiger partial charge in [0.1, 0.15) is 11.3 Å². The van der Waals surface area contributed by atoms with E-state index in [9.17, 15) is 24.7 Å². The van der Waals surface area contributed by atoms with E-state index in [0.29, 0.717) is 63.3 Å². The fraction of sp³-hybridized carbons (Fsp3) is 0.0714. The van der Waals surface area contributed by atoms with Crippen LogP contribution in [0.5, 0.6) is 5.75 Å². The summed E-state index contributed by atoms with van der Waals surface area (Å²) in [5.74, 6) is -0.150. The highest BCUT2D eigenvalue weighted by Gasteiger charge is 2.28. The summed E-state index contributed by atoms with van der Waals surface area (Å²) in [6.45, 7) is 0.727. The molecule has 0 amide bonds. The van der Waals surface area contributed by atoms with Crippen LogP contribution in [0.2, 0.25) is 0 Å². The van der Waals surface area contributed by atoms with E-state index in [0.717, 1.165) is 5.56 Å². The molecule has 0 atom stereocenters. The lowest BCUT2D eigenvalue weighted by atomic mass is 9.77. The van der Waals surface area contributed by atoms with Crippen LogP contribution < -0.4 is 15.7 Å². The standard InChI is InChI=1S/C28H20BNO7/c31-18-9-10-21-25(12-18)36-26-13-24-17(11-22(26)27(21)19-6-2-3-7-20(19)28(32)33)15-30(37-24)14-16-5-1-4-8-23(16)29(34)35/h1-13,34-35H,14-15H2,(H,32,33). The summed E-state index contributed by atoms with van der Waals surface area (Å²) in [5, 5.41) is 31.7. The number of hydroxylamine groups is 2. The molecular weight excluding hydrogens is 473 g/mol. The van der Waals surface area contributed by atoms with Crippen molar-refractivity contribution in [2.75, 3.05) is 0 Å². The summed E-state index contributed by atoms with van der Waals surface area (Å²) < 4.78 is 6.11. The van der Waals surface area contributed by atoms with Crippen molar-refractivity contribution in [3.63, 3.8) is 0 Å². The van der Waals surface area contributed by atoms with Crippen molar-refractivity contribution in [1.29, 1.82) is 0 Å². The molecule has 0 bridgehead atoms. The smallest absolute Gasteiger partial charge is 0.478 e. The van der Waals surface area contributed by atoms with Gasteiger partial charge in [0.05, 0.1) is 18.7 Å². The molecule has 182 valence electrons. The van der Waals surface area contributed by atoms with Crippen molar-refractivity contribution < 1.29 is 29.2 Å². The first-order valence-electron chi connectivity index (χ1n) is 11.6. The molecule has 9 heteroatoms. The van der Waals surface area contributed by atoms with Gasteiger partial charge in [0, 0.05) is 34.2 Å². The minimum atomic E-state index is -1.60. The lowest BCUT2D eigenvalue weighted by Gasteiger charge is -2.17. The van der Waals surface area contributed by atoms with E-state index in [2.05, 4.69) is 0 Å². The van der Waals surface area contributed by atoms with E-state index >= 15 is 0 Å². The number of carboxylic acid groups (broad SMARTS) is 1. The van der Waals surface area contributed by atoms with Crippen molar-refractivity contribution in [2.45, 2.75) is 13.1 Å². The Labute approximate surface area is 211 Å². The molecule has 0 spiro atoms. The predicted molar refractivity (Wildman–Crippen MR) is 138 cm³/mol. The maximum atomic E-state index is 12.1. The van der Waals surface area contributed by atoms with Crippen LogP contribution in [0.15, 0.2) is 88.1 Å². The molecule has 0 radical (unpaired) electrons. The quantitative estimate of drug-likeness (QED) is 0.252. The lowest BCUT2D eigenvalue weighted by Crippen LogP contribution is -2.35. The number of nitrogens with zero attached hydrogens (tertiary/aromatic N) is 1. The van der Waals surface area contributed by atoms with Gasteiger partial charge < -0.3 is 24.4 Å². The van der Waals surface area contributed by atoms with Crippen molar-refractivity contribution in [3.05, 3.63) is 106 Å². The Hall–Kier alpha value is -4.44. The lowest BCUT2D eigenvalue weighted by molar-refractivity contribution is -0.0511. The normalized spacial score (nSPS) is 13.0. The van der Waals surface area contributed by atoms with E-state index in [1.165, 1.54) is 12.1 Å². The Kier molecular flexibility index (Phi) is 5.53. The molecule has 3 aliphatic rings. The van der Waals surface area contributed by atoms with Gasteiger partial charge in [-0.3, -0.25) is 4.79 Å². The van der Waals surface area contributed by atoms with E-state index in [-0.39, 0.29) is 11.0 Å². The number of benzene rings is 4. The average Bonchev–Trinajstić information content (AvgIpc) is 3.27. The maximum absolute atomic E-state index is 12.1. The molecule has 8 nitrogen and oxygen atoms in total. The van der Waals surface area contributed by atoms with Gasteiger partial charge >= 0.3 is 13.1 Å². The summed E-state index contributed by atoms with van der Waals surface area (Å²) in [6.07, 6.45) is 0. The zero-order valence-corrected chi connectivity index (χ0v) is 19.4. The Balaban J connectivity index is 1.50. The first-order valence-corrected chi connectivity index (χ1v) is 11.6. The zero-order valence-electron chi connectivity index (χ0n) is 19.4. The molecule has 0 saturated carbocycles. The topological polar surface area (TPSA) is 120 Å². The van der Waals surface area contributed by atoms with Crippen LogP contribution in [0.3, 0.4) is 0 Å². The highest BCUT2D eigenvalue weighted by molar-refractivity contribution is 6.59. The summed E-state index contributed by atoms with van der Waals surface area (Å²) >= 11 is 0. The van der Waals surface area contributed by atoms with Crippen molar-refractivity contribution in [3.8, 4) is 28.2 Å². The minimum Gasteiger partial charge on any atom is -0.478 e. The van der Waals surface area contributed by atoms with Gasteiger partial charge in [-0.15, -0.1) is 5.06 Å². The third-order valence-corrected chi connectivity index (χ3v) is 6.56. The molecule has 3 aromatic rings. The number of hydrogen-bond donors (Lipinski definition) is 3. The maximum Gasteiger partial charge on any atom is 0.488 e. The summed E-state index contributed by atoms with van der Waals surface area (Å²) in [5.41, 5.74) is 4.13. The molecule has 3 aromatic carbocycles. The summed E-state index contributed by atoms with van der Waals surface area (Å²) in [6, 6.07) is 21.9. The second kappa shape index (κ2) is 8.90. The number of rotatable bonds is 5. The molecule has 0 fully saturated rings. The second-order valence-corrected chi connectivity index (χ2v) is 8.90. The van der Waals surface area contributed by atoms with E-state index in [1.807, 2.05) is 12.1 Å². The monoisotopic (exact) mass is 493 g/mol. The van der Waals surface area contributed by atoms with Crippen LogP contribution in [0.1, 0.15) is 21.5 Å². The molecule has 0 saturated heterocycles. The van der Waals surface area contributed by atoms with Crippen molar-refractivity contribution in [1.82, 2.24) is 5.06 Å². The van der Waals surface area contributed by atoms with Gasteiger partial charge in [0.25, 0.3) is 0 Å². The van der Waals surface area contributed by atoms with Crippen LogP contribution in [0.25, 0.3) is 33.4 Å². The number of hydrogen-bond acceptors (Lipinski definition) is 7. The van der Waals surface area contributed by atoms with Gasteiger partial charge in [0.2, 0.25) is 0 Å². The fourth-order valence-electron chi connectivity index (χ4n) is 4.90. The Morgan fingerprint density at radius 2 is 1.73 bits per heavy atom. The van der Waals surface area contributed by atoms with E-state index < -0.39 is 13.1 Å². The van der Waals surface area contributed by atoms with Crippen LogP contribution in [-0.4, -0.2) is 33.3 Å². The average molecular weight is 493 g/mol. The van der Waals surface area contributed by atoms with Crippen LogP contribution in [0, 0.1) is 0 Å². The van der Waals surface area contributed by atoms with E-state index in [1.54, 1.807) is 59.7 Å². The van der Waals surface area contributed by atoms with Crippen molar-refractivity contribution >= 4 is 29.5 Å². The largest absolute Gasteiger partial charge is 0.488 e.